The van der Waals surface area contributed by atoms with Crippen LogP contribution in [0.25, 0.3) is 0 Å². The molecule has 0 N–H and O–H groups in total. The molecular weight excluding hydrogens is 344 g/mol. The van der Waals surface area contributed by atoms with Crippen molar-refractivity contribution in [3.63, 3.8) is 0 Å². The highest BCUT2D eigenvalue weighted by Crippen LogP contribution is 2.31. The third-order valence-electron chi connectivity index (χ3n) is 5.84. The van der Waals surface area contributed by atoms with Crippen molar-refractivity contribution in [2.75, 3.05) is 39.4 Å². The molecule has 0 radical (unpaired) electrons. The maximum absolute atomic E-state index is 12.9. The number of carbonyl (C=O) groups is 2. The van der Waals surface area contributed by atoms with Gasteiger partial charge in [-0.15, -0.1) is 0 Å². The second kappa shape index (κ2) is 8.19. The van der Waals surface area contributed by atoms with Crippen molar-refractivity contribution >= 4 is 11.8 Å². The fraction of sp³-hybridized carbons (Fsp3) is 0.619. The van der Waals surface area contributed by atoms with Crippen LogP contribution in [0.3, 0.4) is 0 Å². The van der Waals surface area contributed by atoms with Crippen LogP contribution >= 0.6 is 0 Å². The topological polar surface area (TPSA) is 59.1 Å². The molecule has 1 saturated heterocycles. The number of rotatable bonds is 2. The summed E-state index contributed by atoms with van der Waals surface area (Å²) in [5.41, 5.74) is 0.617. The van der Waals surface area contributed by atoms with Crippen LogP contribution in [0, 0.1) is 5.92 Å². The van der Waals surface area contributed by atoms with Crippen LogP contribution in [0.4, 0.5) is 0 Å². The van der Waals surface area contributed by atoms with E-state index in [1.807, 2.05) is 9.80 Å². The number of fused-ring (bicyclic) bond motifs is 1. The number of ether oxygens (including phenoxy) is 2. The van der Waals surface area contributed by atoms with E-state index in [-0.39, 0.29) is 11.8 Å². The Kier molecular flexibility index (Phi) is 5.50. The summed E-state index contributed by atoms with van der Waals surface area (Å²) in [7, 11) is 0. The Morgan fingerprint density at radius 3 is 2.33 bits per heavy atom. The van der Waals surface area contributed by atoms with Gasteiger partial charge in [-0.2, -0.15) is 0 Å². The Bertz CT molecular complexity index is 699. The van der Waals surface area contributed by atoms with Crippen LogP contribution in [-0.4, -0.2) is 61.0 Å². The third-order valence-corrected chi connectivity index (χ3v) is 5.84. The molecule has 6 heteroatoms. The number of nitrogens with zero attached hydrogens (tertiary/aromatic N) is 2. The van der Waals surface area contributed by atoms with E-state index < -0.39 is 0 Å². The molecule has 146 valence electrons. The summed E-state index contributed by atoms with van der Waals surface area (Å²) >= 11 is 0. The lowest BCUT2D eigenvalue weighted by Crippen LogP contribution is -2.40. The fourth-order valence-electron chi connectivity index (χ4n) is 4.31. The van der Waals surface area contributed by atoms with E-state index in [1.165, 1.54) is 19.3 Å². The van der Waals surface area contributed by atoms with Gasteiger partial charge in [-0.3, -0.25) is 9.59 Å². The van der Waals surface area contributed by atoms with Crippen molar-refractivity contribution in [3.8, 4) is 11.5 Å². The lowest BCUT2D eigenvalue weighted by Gasteiger charge is -2.28. The standard InChI is InChI=1S/C21H28N2O4/c24-20(16-5-2-1-3-6-16)22-9-4-10-23(12-11-22)21(25)17-7-8-18-19(15-17)27-14-13-26-18/h7-8,15-16H,1-6,9-14H2. The van der Waals surface area contributed by atoms with Crippen molar-refractivity contribution < 1.29 is 19.1 Å². The van der Waals surface area contributed by atoms with E-state index in [1.54, 1.807) is 18.2 Å². The third kappa shape index (κ3) is 4.04. The van der Waals surface area contributed by atoms with Crippen LogP contribution in [0.15, 0.2) is 18.2 Å². The lowest BCUT2D eigenvalue weighted by molar-refractivity contribution is -0.136. The van der Waals surface area contributed by atoms with Gasteiger partial charge in [0.2, 0.25) is 5.91 Å². The highest BCUT2D eigenvalue weighted by molar-refractivity contribution is 5.95. The summed E-state index contributed by atoms with van der Waals surface area (Å²) in [5.74, 6) is 1.81. The molecule has 0 spiro atoms. The Labute approximate surface area is 160 Å². The van der Waals surface area contributed by atoms with Crippen molar-refractivity contribution in [1.29, 1.82) is 0 Å². The maximum Gasteiger partial charge on any atom is 0.254 e. The monoisotopic (exact) mass is 372 g/mol. The van der Waals surface area contributed by atoms with Crippen LogP contribution in [0.5, 0.6) is 11.5 Å². The Morgan fingerprint density at radius 1 is 0.815 bits per heavy atom. The minimum atomic E-state index is -0.000983. The normalized spacial score (nSPS) is 20.9. The molecule has 1 saturated carbocycles. The second-order valence-corrected chi connectivity index (χ2v) is 7.66. The molecule has 1 aromatic carbocycles. The summed E-state index contributed by atoms with van der Waals surface area (Å²) in [5, 5.41) is 0. The Balaban J connectivity index is 1.39. The first-order chi connectivity index (χ1) is 13.2. The first-order valence-electron chi connectivity index (χ1n) is 10.2. The first kappa shape index (κ1) is 18.1. The maximum atomic E-state index is 12.9. The molecule has 2 aliphatic heterocycles. The van der Waals surface area contributed by atoms with Gasteiger partial charge in [-0.25, -0.2) is 0 Å². The van der Waals surface area contributed by atoms with Gasteiger partial charge in [0.25, 0.3) is 5.91 Å². The van der Waals surface area contributed by atoms with Gasteiger partial charge in [-0.05, 0) is 37.5 Å². The van der Waals surface area contributed by atoms with E-state index in [2.05, 4.69) is 0 Å². The molecular formula is C21H28N2O4. The molecule has 0 unspecified atom stereocenters. The molecule has 6 nitrogen and oxygen atoms in total. The molecule has 0 aromatic heterocycles. The van der Waals surface area contributed by atoms with Crippen molar-refractivity contribution in [3.05, 3.63) is 23.8 Å². The number of benzene rings is 1. The van der Waals surface area contributed by atoms with Gasteiger partial charge < -0.3 is 19.3 Å². The van der Waals surface area contributed by atoms with Gasteiger partial charge in [0.05, 0.1) is 0 Å². The molecule has 0 bridgehead atoms. The van der Waals surface area contributed by atoms with E-state index in [0.29, 0.717) is 55.8 Å². The van der Waals surface area contributed by atoms with Crippen molar-refractivity contribution in [2.45, 2.75) is 38.5 Å². The number of hydrogen-bond donors (Lipinski definition) is 0. The highest BCUT2D eigenvalue weighted by Gasteiger charge is 2.29. The van der Waals surface area contributed by atoms with Crippen LogP contribution in [0.1, 0.15) is 48.9 Å². The summed E-state index contributed by atoms with van der Waals surface area (Å²) in [6.45, 7) is 3.70. The summed E-state index contributed by atoms with van der Waals surface area (Å²) in [6.07, 6.45) is 6.46. The largest absolute Gasteiger partial charge is 0.486 e. The molecule has 27 heavy (non-hydrogen) atoms. The predicted octanol–water partition coefficient (Wildman–Crippen LogP) is 2.71. The van der Waals surface area contributed by atoms with Gasteiger partial charge in [-0.1, -0.05) is 19.3 Å². The van der Waals surface area contributed by atoms with Gasteiger partial charge in [0.1, 0.15) is 13.2 Å². The van der Waals surface area contributed by atoms with Crippen molar-refractivity contribution in [1.82, 2.24) is 9.80 Å². The Morgan fingerprint density at radius 2 is 1.52 bits per heavy atom. The quantitative estimate of drug-likeness (QED) is 0.801. The highest BCUT2D eigenvalue weighted by atomic mass is 16.6. The zero-order chi connectivity index (χ0) is 18.6. The predicted molar refractivity (Wildman–Crippen MR) is 101 cm³/mol. The number of carbonyl (C=O) groups excluding carboxylic acids is 2. The van der Waals surface area contributed by atoms with E-state index >= 15 is 0 Å². The van der Waals surface area contributed by atoms with Gasteiger partial charge in [0, 0.05) is 37.7 Å². The molecule has 3 aliphatic rings. The van der Waals surface area contributed by atoms with E-state index in [4.69, 9.17) is 9.47 Å². The lowest BCUT2D eigenvalue weighted by atomic mass is 9.88. The molecule has 1 aromatic rings. The smallest absolute Gasteiger partial charge is 0.254 e. The number of hydrogen-bond acceptors (Lipinski definition) is 4. The van der Waals surface area contributed by atoms with Crippen LogP contribution in [0.2, 0.25) is 0 Å². The molecule has 0 atom stereocenters. The average Bonchev–Trinajstić information content (AvgIpc) is 2.99. The average molecular weight is 372 g/mol. The summed E-state index contributed by atoms with van der Waals surface area (Å²) < 4.78 is 11.1. The minimum absolute atomic E-state index is 0.000983. The van der Waals surface area contributed by atoms with E-state index in [0.717, 1.165) is 25.8 Å². The molecule has 2 heterocycles. The molecule has 2 amide bonds. The van der Waals surface area contributed by atoms with Gasteiger partial charge in [0.15, 0.2) is 11.5 Å². The molecule has 2 fully saturated rings. The molecule has 4 rings (SSSR count). The van der Waals surface area contributed by atoms with Gasteiger partial charge >= 0.3 is 0 Å². The SMILES string of the molecule is O=C(c1ccc2c(c1)OCCO2)N1CCCN(C(=O)C2CCCCC2)CC1. The fourth-order valence-corrected chi connectivity index (χ4v) is 4.31. The first-order valence-corrected chi connectivity index (χ1v) is 10.2. The summed E-state index contributed by atoms with van der Waals surface area (Å²) in [4.78, 5) is 29.6. The second-order valence-electron chi connectivity index (χ2n) is 7.66. The number of amides is 2. The zero-order valence-corrected chi connectivity index (χ0v) is 15.8. The zero-order valence-electron chi connectivity index (χ0n) is 15.8. The van der Waals surface area contributed by atoms with Crippen LogP contribution < -0.4 is 9.47 Å². The summed E-state index contributed by atoms with van der Waals surface area (Å²) in [6, 6.07) is 5.37. The Hall–Kier alpha value is -2.24. The van der Waals surface area contributed by atoms with Crippen molar-refractivity contribution in [2.24, 2.45) is 5.92 Å². The van der Waals surface area contributed by atoms with E-state index in [9.17, 15) is 9.59 Å². The minimum Gasteiger partial charge on any atom is -0.486 e. The molecule has 1 aliphatic carbocycles. The van der Waals surface area contributed by atoms with Crippen LogP contribution in [-0.2, 0) is 4.79 Å².